The van der Waals surface area contributed by atoms with Crippen LogP contribution in [0.1, 0.15) is 71.5 Å². The summed E-state index contributed by atoms with van der Waals surface area (Å²) in [7, 11) is 2.15. The number of aliphatic hydroxyl groups excluding tert-OH is 1. The number of likely N-dealkylation sites (tertiary alicyclic amines) is 1. The molecule has 2 aliphatic heterocycles. The lowest BCUT2D eigenvalue weighted by molar-refractivity contribution is -0.144. The zero-order chi connectivity index (χ0) is 25.5. The van der Waals surface area contributed by atoms with Crippen molar-refractivity contribution in [3.8, 4) is 0 Å². The Morgan fingerprint density at radius 1 is 1.26 bits per heavy atom. The molecule has 196 valence electrons. The van der Waals surface area contributed by atoms with E-state index in [1.165, 1.54) is 0 Å². The summed E-state index contributed by atoms with van der Waals surface area (Å²) in [5, 5.41) is 22.0. The fourth-order valence-corrected chi connectivity index (χ4v) is 5.31. The molecular formula is C25H43N7O3. The Bertz CT molecular complexity index is 920. The van der Waals surface area contributed by atoms with E-state index in [0.29, 0.717) is 12.5 Å². The molecule has 3 fully saturated rings. The summed E-state index contributed by atoms with van der Waals surface area (Å²) in [5.41, 5.74) is 0.591. The summed E-state index contributed by atoms with van der Waals surface area (Å²) in [5.74, 6) is 0.0490. The molecule has 0 unspecified atom stereocenters. The number of aliphatic hydroxyl groups is 1. The summed E-state index contributed by atoms with van der Waals surface area (Å²) in [6.45, 7) is 14.8. The standard InChI is InChI=1S/C25H43N7O3/c1-24(2,3)21(32-15-19(27-28-32)17-7-8-17)23(35)31-14-18(33)13-20(31)22(34)26-9-10-30-12-11-29(6)25(4,5)16-30/h15,17-18,20-21,33H,7-14,16H2,1-6H3,(H,26,34)/t18-,20+,21-/m1/s1. The van der Waals surface area contributed by atoms with Gasteiger partial charge in [-0.15, -0.1) is 5.10 Å². The Morgan fingerprint density at radius 3 is 2.60 bits per heavy atom. The average molecular weight is 490 g/mol. The van der Waals surface area contributed by atoms with Crippen molar-refractivity contribution in [1.82, 2.24) is 35.0 Å². The third-order valence-electron chi connectivity index (χ3n) is 7.83. The molecule has 3 aliphatic rings. The molecule has 1 aromatic heterocycles. The molecule has 2 N–H and O–H groups in total. The average Bonchev–Trinajstić information content (AvgIpc) is 3.37. The van der Waals surface area contributed by atoms with Crippen molar-refractivity contribution in [3.05, 3.63) is 11.9 Å². The van der Waals surface area contributed by atoms with Crippen molar-refractivity contribution in [3.63, 3.8) is 0 Å². The molecule has 0 bridgehead atoms. The predicted octanol–water partition coefficient (Wildman–Crippen LogP) is 0.847. The van der Waals surface area contributed by atoms with Crippen molar-refractivity contribution >= 4 is 11.8 Å². The third kappa shape index (κ3) is 5.86. The van der Waals surface area contributed by atoms with Crippen LogP contribution in [0, 0.1) is 5.41 Å². The number of hydrogen-bond donors (Lipinski definition) is 2. The SMILES string of the molecule is CN1CCN(CCNC(=O)[C@@H]2C[C@@H](O)CN2C(=O)[C@@H](n2cc(C3CC3)nn2)C(C)(C)C)CC1(C)C. The first kappa shape index (κ1) is 26.0. The molecule has 2 saturated heterocycles. The highest BCUT2D eigenvalue weighted by atomic mass is 16.3. The second-order valence-electron chi connectivity index (χ2n) is 12.4. The summed E-state index contributed by atoms with van der Waals surface area (Å²) >= 11 is 0. The molecule has 1 aromatic rings. The van der Waals surface area contributed by atoms with Crippen molar-refractivity contribution in [2.24, 2.45) is 5.41 Å². The first-order chi connectivity index (χ1) is 16.4. The maximum absolute atomic E-state index is 13.8. The second-order valence-corrected chi connectivity index (χ2v) is 12.4. The Labute approximate surface area is 209 Å². The quantitative estimate of drug-likeness (QED) is 0.585. The number of carbonyl (C=O) groups is 2. The van der Waals surface area contributed by atoms with Gasteiger partial charge in [-0.3, -0.25) is 19.4 Å². The van der Waals surface area contributed by atoms with Gasteiger partial charge in [0.2, 0.25) is 11.8 Å². The van der Waals surface area contributed by atoms with Gasteiger partial charge in [0.1, 0.15) is 12.1 Å². The first-order valence-electron chi connectivity index (χ1n) is 13.0. The van der Waals surface area contributed by atoms with Crippen LogP contribution < -0.4 is 5.32 Å². The van der Waals surface area contributed by atoms with Crippen molar-refractivity contribution in [1.29, 1.82) is 0 Å². The molecule has 3 heterocycles. The van der Waals surface area contributed by atoms with E-state index in [1.807, 2.05) is 27.0 Å². The molecule has 3 atom stereocenters. The van der Waals surface area contributed by atoms with E-state index in [9.17, 15) is 14.7 Å². The van der Waals surface area contributed by atoms with Crippen LogP contribution in [-0.2, 0) is 9.59 Å². The van der Waals surface area contributed by atoms with E-state index in [-0.39, 0.29) is 30.3 Å². The molecule has 0 aromatic carbocycles. The zero-order valence-corrected chi connectivity index (χ0v) is 22.2. The van der Waals surface area contributed by atoms with E-state index in [0.717, 1.165) is 44.7 Å². The second kappa shape index (κ2) is 9.78. The van der Waals surface area contributed by atoms with Crippen LogP contribution >= 0.6 is 0 Å². The predicted molar refractivity (Wildman–Crippen MR) is 133 cm³/mol. The number of piperazine rings is 1. The third-order valence-corrected chi connectivity index (χ3v) is 7.83. The molecule has 2 amide bonds. The van der Waals surface area contributed by atoms with E-state index >= 15 is 0 Å². The minimum atomic E-state index is -0.716. The van der Waals surface area contributed by atoms with Gasteiger partial charge in [0, 0.05) is 63.3 Å². The molecule has 10 heteroatoms. The lowest BCUT2D eigenvalue weighted by Gasteiger charge is -2.45. The summed E-state index contributed by atoms with van der Waals surface area (Å²) in [4.78, 5) is 33.2. The Morgan fingerprint density at radius 2 is 1.97 bits per heavy atom. The largest absolute Gasteiger partial charge is 0.391 e. The van der Waals surface area contributed by atoms with Crippen LogP contribution in [0.25, 0.3) is 0 Å². The van der Waals surface area contributed by atoms with Crippen molar-refractivity contribution in [2.45, 2.75) is 83.5 Å². The molecule has 0 radical (unpaired) electrons. The number of β-amino-alcohol motifs (C(OH)–C–C–N with tert-alkyl or cyclic N) is 1. The fraction of sp³-hybridized carbons (Fsp3) is 0.840. The number of rotatable bonds is 7. The minimum absolute atomic E-state index is 0.101. The Hall–Kier alpha value is -2.04. The van der Waals surface area contributed by atoms with E-state index in [1.54, 1.807) is 9.58 Å². The molecular weight excluding hydrogens is 446 g/mol. The van der Waals surface area contributed by atoms with E-state index in [4.69, 9.17) is 0 Å². The maximum Gasteiger partial charge on any atom is 0.248 e. The molecule has 35 heavy (non-hydrogen) atoms. The highest BCUT2D eigenvalue weighted by Crippen LogP contribution is 2.40. The molecule has 0 spiro atoms. The number of likely N-dealkylation sites (N-methyl/N-ethyl adjacent to an activating group) is 1. The normalized spacial score (nSPS) is 26.7. The topological polar surface area (TPSA) is 107 Å². The van der Waals surface area contributed by atoms with Crippen LogP contribution in [0.5, 0.6) is 0 Å². The first-order valence-corrected chi connectivity index (χ1v) is 13.0. The van der Waals surface area contributed by atoms with Gasteiger partial charge in [-0.1, -0.05) is 26.0 Å². The summed E-state index contributed by atoms with van der Waals surface area (Å²) in [6.07, 6.45) is 3.63. The van der Waals surface area contributed by atoms with E-state index in [2.05, 4.69) is 46.3 Å². The lowest BCUT2D eigenvalue weighted by atomic mass is 9.85. The van der Waals surface area contributed by atoms with Crippen LogP contribution in [-0.4, -0.2) is 111 Å². The van der Waals surface area contributed by atoms with Gasteiger partial charge in [-0.25, -0.2) is 4.68 Å². The van der Waals surface area contributed by atoms with Crippen LogP contribution in [0.2, 0.25) is 0 Å². The molecule has 4 rings (SSSR count). The van der Waals surface area contributed by atoms with Crippen molar-refractivity contribution in [2.75, 3.05) is 46.3 Å². The van der Waals surface area contributed by atoms with Gasteiger partial charge in [0.05, 0.1) is 11.8 Å². The minimum Gasteiger partial charge on any atom is -0.391 e. The van der Waals surface area contributed by atoms with Gasteiger partial charge in [0.15, 0.2) is 0 Å². The Balaban J connectivity index is 1.40. The highest BCUT2D eigenvalue weighted by molar-refractivity contribution is 5.90. The van der Waals surface area contributed by atoms with Crippen LogP contribution in [0.4, 0.5) is 0 Å². The van der Waals surface area contributed by atoms with Gasteiger partial charge >= 0.3 is 0 Å². The lowest BCUT2D eigenvalue weighted by Crippen LogP contribution is -2.58. The molecule has 10 nitrogen and oxygen atoms in total. The number of nitrogens with zero attached hydrogens (tertiary/aromatic N) is 6. The zero-order valence-electron chi connectivity index (χ0n) is 22.2. The van der Waals surface area contributed by atoms with Crippen molar-refractivity contribution < 1.29 is 14.7 Å². The number of carbonyl (C=O) groups excluding carboxylic acids is 2. The number of hydrogen-bond acceptors (Lipinski definition) is 7. The number of aromatic nitrogens is 3. The van der Waals surface area contributed by atoms with Gasteiger partial charge < -0.3 is 15.3 Å². The molecule has 1 saturated carbocycles. The van der Waals surface area contributed by atoms with E-state index < -0.39 is 23.6 Å². The van der Waals surface area contributed by atoms with Gasteiger partial charge in [-0.05, 0) is 39.2 Å². The van der Waals surface area contributed by atoms with Gasteiger partial charge in [0.25, 0.3) is 0 Å². The fourth-order valence-electron chi connectivity index (χ4n) is 5.31. The van der Waals surface area contributed by atoms with Gasteiger partial charge in [-0.2, -0.15) is 0 Å². The number of nitrogens with one attached hydrogen (secondary N) is 1. The summed E-state index contributed by atoms with van der Waals surface area (Å²) in [6, 6.07) is -1.28. The smallest absolute Gasteiger partial charge is 0.248 e. The maximum atomic E-state index is 13.8. The van der Waals surface area contributed by atoms with Crippen LogP contribution in [0.15, 0.2) is 6.20 Å². The highest BCUT2D eigenvalue weighted by Gasteiger charge is 2.45. The molecule has 1 aliphatic carbocycles. The monoisotopic (exact) mass is 489 g/mol. The van der Waals surface area contributed by atoms with Crippen LogP contribution in [0.3, 0.4) is 0 Å². The number of amides is 2. The summed E-state index contributed by atoms with van der Waals surface area (Å²) < 4.78 is 1.66. The Kier molecular flexibility index (Phi) is 7.28.